The molecule has 0 aliphatic carbocycles. The molecule has 1 saturated heterocycles. The summed E-state index contributed by atoms with van der Waals surface area (Å²) < 4.78 is 2.27. The molecule has 1 aliphatic heterocycles. The molecule has 7 heteroatoms. The first-order chi connectivity index (χ1) is 15.0. The fraction of sp³-hybridized carbons (Fsp3) is 0.375. The summed E-state index contributed by atoms with van der Waals surface area (Å²) in [6, 6.07) is 12.5. The van der Waals surface area contributed by atoms with Crippen LogP contribution in [0.3, 0.4) is 0 Å². The predicted octanol–water partition coefficient (Wildman–Crippen LogP) is 3.81. The Morgan fingerprint density at radius 2 is 1.97 bits per heavy atom. The Labute approximate surface area is 189 Å². The summed E-state index contributed by atoms with van der Waals surface area (Å²) in [4.78, 5) is 13.5. The van der Waals surface area contributed by atoms with Gasteiger partial charge in [-0.3, -0.25) is 9.97 Å². The molecule has 0 bridgehead atoms. The smallest absolute Gasteiger partial charge is 0.170 e. The molecule has 0 aromatic carbocycles. The highest BCUT2D eigenvalue weighted by Gasteiger charge is 2.41. The lowest BCUT2D eigenvalue weighted by Crippen LogP contribution is -2.32. The molecular weight excluding hydrogens is 404 g/mol. The van der Waals surface area contributed by atoms with E-state index in [1.807, 2.05) is 36.8 Å². The number of rotatable bonds is 7. The third-order valence-electron chi connectivity index (χ3n) is 5.90. The van der Waals surface area contributed by atoms with E-state index < -0.39 is 0 Å². The molecule has 31 heavy (non-hydrogen) atoms. The Kier molecular flexibility index (Phi) is 6.34. The lowest BCUT2D eigenvalue weighted by molar-refractivity contribution is 0.292. The van der Waals surface area contributed by atoms with E-state index in [0.29, 0.717) is 0 Å². The van der Waals surface area contributed by atoms with Crippen molar-refractivity contribution in [3.05, 3.63) is 77.6 Å². The van der Waals surface area contributed by atoms with Crippen molar-refractivity contribution in [3.63, 3.8) is 0 Å². The number of hydrogen-bond acceptors (Lipinski definition) is 4. The molecule has 0 amide bonds. The van der Waals surface area contributed by atoms with Gasteiger partial charge < -0.3 is 19.7 Å². The fourth-order valence-electron chi connectivity index (χ4n) is 4.51. The summed E-state index contributed by atoms with van der Waals surface area (Å²) >= 11 is 5.81. The van der Waals surface area contributed by atoms with Gasteiger partial charge in [-0.1, -0.05) is 6.07 Å². The molecule has 2 atom stereocenters. The van der Waals surface area contributed by atoms with Gasteiger partial charge in [-0.25, -0.2) is 0 Å². The first-order valence-electron chi connectivity index (χ1n) is 10.7. The minimum atomic E-state index is 0.0101. The van der Waals surface area contributed by atoms with Gasteiger partial charge in [0.15, 0.2) is 5.11 Å². The minimum absolute atomic E-state index is 0.0101. The highest BCUT2D eigenvalue weighted by molar-refractivity contribution is 7.80. The summed E-state index contributed by atoms with van der Waals surface area (Å²) in [5.74, 6) is 0. The molecule has 3 aromatic rings. The third kappa shape index (κ3) is 4.34. The normalized spacial score (nSPS) is 18.6. The number of pyridine rings is 2. The highest BCUT2D eigenvalue weighted by Crippen LogP contribution is 2.41. The number of thiocarbonyl (C=S) groups is 1. The van der Waals surface area contributed by atoms with Crippen LogP contribution in [0.5, 0.6) is 0 Å². The maximum absolute atomic E-state index is 5.81. The number of nitrogens with one attached hydrogen (secondary N) is 1. The second kappa shape index (κ2) is 9.16. The molecule has 0 spiro atoms. The van der Waals surface area contributed by atoms with Crippen molar-refractivity contribution in [3.8, 4) is 5.69 Å². The van der Waals surface area contributed by atoms with E-state index in [4.69, 9.17) is 12.2 Å². The summed E-state index contributed by atoms with van der Waals surface area (Å²) in [6.45, 7) is 6.25. The van der Waals surface area contributed by atoms with E-state index in [2.05, 4.69) is 75.8 Å². The monoisotopic (exact) mass is 434 g/mol. The van der Waals surface area contributed by atoms with Crippen LogP contribution in [0.2, 0.25) is 0 Å². The SMILES string of the molecule is Cc1cc([C@@H]2[C@H](c3ccccn3)NC(=S)N2CCCN(C)C)c(C)n1-c1cccnc1. The van der Waals surface area contributed by atoms with Crippen LogP contribution in [0, 0.1) is 13.8 Å². The predicted molar refractivity (Wildman–Crippen MR) is 128 cm³/mol. The van der Waals surface area contributed by atoms with Gasteiger partial charge in [0.25, 0.3) is 0 Å². The number of hydrogen-bond donors (Lipinski definition) is 1. The van der Waals surface area contributed by atoms with Crippen LogP contribution in [-0.2, 0) is 0 Å². The van der Waals surface area contributed by atoms with Gasteiger partial charge in [-0.2, -0.15) is 0 Å². The molecule has 6 nitrogen and oxygen atoms in total. The summed E-state index contributed by atoms with van der Waals surface area (Å²) in [6.07, 6.45) is 6.61. The molecule has 3 aromatic heterocycles. The maximum atomic E-state index is 5.81. The van der Waals surface area contributed by atoms with Crippen LogP contribution < -0.4 is 5.32 Å². The van der Waals surface area contributed by atoms with Gasteiger partial charge in [-0.15, -0.1) is 0 Å². The first kappa shape index (κ1) is 21.5. The summed E-state index contributed by atoms with van der Waals surface area (Å²) in [5.41, 5.74) is 5.75. The standard InChI is InChI=1S/C24H30N6S/c1-17-15-20(18(2)30(17)19-9-7-11-25-16-19)23-22(21-10-5-6-12-26-21)27-24(31)29(23)14-8-13-28(3)4/h5-7,9-12,15-16,22-23H,8,13-14H2,1-4H3,(H,27,31)/t22-,23+/m0/s1. The second-order valence-corrected chi connectivity index (χ2v) is 8.74. The number of aromatic nitrogens is 3. The Balaban J connectivity index is 1.76. The van der Waals surface area contributed by atoms with Crippen molar-refractivity contribution in [2.45, 2.75) is 32.4 Å². The zero-order valence-corrected chi connectivity index (χ0v) is 19.4. The van der Waals surface area contributed by atoms with Gasteiger partial charge in [0.1, 0.15) is 0 Å². The van der Waals surface area contributed by atoms with Crippen LogP contribution in [0.4, 0.5) is 0 Å². The highest BCUT2D eigenvalue weighted by atomic mass is 32.1. The van der Waals surface area contributed by atoms with E-state index in [0.717, 1.165) is 36.0 Å². The number of aryl methyl sites for hydroxylation is 1. The molecule has 0 unspecified atom stereocenters. The van der Waals surface area contributed by atoms with Gasteiger partial charge >= 0.3 is 0 Å². The van der Waals surface area contributed by atoms with Crippen LogP contribution >= 0.6 is 12.2 Å². The van der Waals surface area contributed by atoms with E-state index >= 15 is 0 Å². The van der Waals surface area contributed by atoms with E-state index in [9.17, 15) is 0 Å². The van der Waals surface area contributed by atoms with Crippen molar-refractivity contribution in [1.29, 1.82) is 0 Å². The number of nitrogens with zero attached hydrogens (tertiary/aromatic N) is 5. The van der Waals surface area contributed by atoms with Crippen LogP contribution in [0.25, 0.3) is 5.69 Å². The summed E-state index contributed by atoms with van der Waals surface area (Å²) in [7, 11) is 4.21. The van der Waals surface area contributed by atoms with Gasteiger partial charge in [0.2, 0.25) is 0 Å². The molecule has 4 rings (SSSR count). The minimum Gasteiger partial charge on any atom is -0.352 e. The van der Waals surface area contributed by atoms with Crippen molar-refractivity contribution in [1.82, 2.24) is 29.7 Å². The van der Waals surface area contributed by atoms with E-state index in [1.54, 1.807) is 0 Å². The first-order valence-corrected chi connectivity index (χ1v) is 11.1. The average molecular weight is 435 g/mol. The van der Waals surface area contributed by atoms with Crippen molar-refractivity contribution < 1.29 is 0 Å². The Hall–Kier alpha value is -2.77. The van der Waals surface area contributed by atoms with Crippen LogP contribution in [-0.4, -0.2) is 56.6 Å². The van der Waals surface area contributed by atoms with Gasteiger partial charge in [0, 0.05) is 30.3 Å². The Bertz CT molecular complexity index is 1030. The maximum Gasteiger partial charge on any atom is 0.170 e. The third-order valence-corrected chi connectivity index (χ3v) is 6.25. The molecule has 4 heterocycles. The Morgan fingerprint density at radius 3 is 2.65 bits per heavy atom. The van der Waals surface area contributed by atoms with Crippen molar-refractivity contribution >= 4 is 17.3 Å². The van der Waals surface area contributed by atoms with Crippen LogP contribution in [0.1, 0.15) is 41.1 Å². The van der Waals surface area contributed by atoms with E-state index in [1.165, 1.54) is 17.0 Å². The quantitative estimate of drug-likeness (QED) is 0.571. The lowest BCUT2D eigenvalue weighted by atomic mass is 9.96. The molecule has 0 saturated carbocycles. The van der Waals surface area contributed by atoms with Gasteiger partial charge in [-0.05, 0) is 89.0 Å². The van der Waals surface area contributed by atoms with E-state index in [-0.39, 0.29) is 12.1 Å². The van der Waals surface area contributed by atoms with Crippen molar-refractivity contribution in [2.75, 3.05) is 27.2 Å². The molecule has 1 N–H and O–H groups in total. The fourth-order valence-corrected chi connectivity index (χ4v) is 4.84. The molecular formula is C24H30N6S. The van der Waals surface area contributed by atoms with Gasteiger partial charge in [0.05, 0.1) is 29.7 Å². The van der Waals surface area contributed by atoms with Crippen LogP contribution in [0.15, 0.2) is 55.0 Å². The molecule has 1 fully saturated rings. The summed E-state index contributed by atoms with van der Waals surface area (Å²) in [5, 5.41) is 4.36. The molecule has 162 valence electrons. The average Bonchev–Trinajstić information content (AvgIpc) is 3.24. The second-order valence-electron chi connectivity index (χ2n) is 8.35. The zero-order valence-electron chi connectivity index (χ0n) is 18.6. The zero-order chi connectivity index (χ0) is 22.0. The lowest BCUT2D eigenvalue weighted by Gasteiger charge is -2.28. The Morgan fingerprint density at radius 1 is 1.13 bits per heavy atom. The largest absolute Gasteiger partial charge is 0.352 e. The van der Waals surface area contributed by atoms with Crippen molar-refractivity contribution in [2.24, 2.45) is 0 Å². The topological polar surface area (TPSA) is 49.2 Å². The molecule has 1 aliphatic rings. The molecule has 0 radical (unpaired) electrons.